The summed E-state index contributed by atoms with van der Waals surface area (Å²) in [6.07, 6.45) is -0.0501. The van der Waals surface area contributed by atoms with E-state index in [4.69, 9.17) is 5.11 Å². The number of carboxylic acids is 1. The normalized spacial score (nSPS) is 9.83. The monoisotopic (exact) mass is 187 g/mol. The minimum Gasteiger partial charge on any atom is -0.481 e. The lowest BCUT2D eigenvalue weighted by Crippen LogP contribution is -2.07. The Labute approximate surface area is 73.7 Å². The minimum absolute atomic E-state index is 0.0501. The number of carboxylic acid groups (broad SMARTS) is 1. The molecule has 0 spiro atoms. The second-order valence-electron chi connectivity index (χ2n) is 2.44. The van der Waals surface area contributed by atoms with Crippen molar-refractivity contribution in [2.24, 2.45) is 0 Å². The van der Waals surface area contributed by atoms with Crippen LogP contribution in [0.15, 0.2) is 0 Å². The largest absolute Gasteiger partial charge is 0.481 e. The van der Waals surface area contributed by atoms with Crippen LogP contribution in [-0.4, -0.2) is 35.4 Å². The molecular weight excluding hydrogens is 178 g/mol. The Morgan fingerprint density at radius 3 is 2.67 bits per heavy atom. The quantitative estimate of drug-likeness (QED) is 0.733. The van der Waals surface area contributed by atoms with Crippen LogP contribution in [0.4, 0.5) is 5.13 Å². The molecule has 66 valence electrons. The van der Waals surface area contributed by atoms with Crippen molar-refractivity contribution in [1.82, 2.24) is 10.2 Å². The van der Waals surface area contributed by atoms with Gasteiger partial charge in [-0.25, -0.2) is 0 Å². The van der Waals surface area contributed by atoms with E-state index in [0.29, 0.717) is 5.01 Å². The second-order valence-corrected chi connectivity index (χ2v) is 3.48. The fourth-order valence-electron chi connectivity index (χ4n) is 0.626. The molecule has 0 amide bonds. The van der Waals surface area contributed by atoms with Crippen LogP contribution in [0, 0.1) is 0 Å². The van der Waals surface area contributed by atoms with Crippen LogP contribution in [-0.2, 0) is 11.2 Å². The Morgan fingerprint density at radius 1 is 1.58 bits per heavy atom. The van der Waals surface area contributed by atoms with Gasteiger partial charge in [0.25, 0.3) is 0 Å². The molecule has 0 unspecified atom stereocenters. The van der Waals surface area contributed by atoms with E-state index in [1.165, 1.54) is 11.3 Å². The Hall–Kier alpha value is -1.17. The van der Waals surface area contributed by atoms with Crippen molar-refractivity contribution in [1.29, 1.82) is 0 Å². The summed E-state index contributed by atoms with van der Waals surface area (Å²) in [5, 5.41) is 17.2. The van der Waals surface area contributed by atoms with Gasteiger partial charge in [-0.05, 0) is 0 Å². The number of rotatable bonds is 3. The maximum absolute atomic E-state index is 10.3. The molecule has 1 rings (SSSR count). The second kappa shape index (κ2) is 3.48. The third-order valence-corrected chi connectivity index (χ3v) is 2.23. The van der Waals surface area contributed by atoms with Crippen molar-refractivity contribution in [3.05, 3.63) is 5.01 Å². The van der Waals surface area contributed by atoms with Gasteiger partial charge in [-0.2, -0.15) is 0 Å². The van der Waals surface area contributed by atoms with Crippen molar-refractivity contribution in [2.75, 3.05) is 19.0 Å². The predicted molar refractivity (Wildman–Crippen MR) is 45.6 cm³/mol. The smallest absolute Gasteiger partial charge is 0.310 e. The van der Waals surface area contributed by atoms with E-state index in [9.17, 15) is 4.79 Å². The van der Waals surface area contributed by atoms with E-state index in [-0.39, 0.29) is 6.42 Å². The molecule has 0 saturated carbocycles. The molecule has 0 aliphatic heterocycles. The molecule has 6 heteroatoms. The van der Waals surface area contributed by atoms with E-state index in [2.05, 4.69) is 10.2 Å². The maximum Gasteiger partial charge on any atom is 0.310 e. The van der Waals surface area contributed by atoms with Gasteiger partial charge in [0.2, 0.25) is 5.13 Å². The van der Waals surface area contributed by atoms with Gasteiger partial charge in [0.05, 0.1) is 6.42 Å². The first-order valence-corrected chi connectivity index (χ1v) is 4.12. The van der Waals surface area contributed by atoms with Crippen LogP contribution in [0.2, 0.25) is 0 Å². The summed E-state index contributed by atoms with van der Waals surface area (Å²) in [5.41, 5.74) is 0. The van der Waals surface area contributed by atoms with E-state index in [1.807, 2.05) is 14.1 Å². The van der Waals surface area contributed by atoms with E-state index < -0.39 is 5.97 Å². The van der Waals surface area contributed by atoms with Crippen LogP contribution in [0.25, 0.3) is 0 Å². The zero-order valence-electron chi connectivity index (χ0n) is 6.81. The summed E-state index contributed by atoms with van der Waals surface area (Å²) >= 11 is 1.29. The third-order valence-electron chi connectivity index (χ3n) is 1.14. The molecule has 1 aromatic rings. The number of carbonyl (C=O) groups is 1. The van der Waals surface area contributed by atoms with Gasteiger partial charge in [0.15, 0.2) is 0 Å². The first-order chi connectivity index (χ1) is 5.59. The van der Waals surface area contributed by atoms with Gasteiger partial charge >= 0.3 is 5.97 Å². The number of nitrogens with zero attached hydrogens (tertiary/aromatic N) is 3. The molecule has 12 heavy (non-hydrogen) atoms. The Morgan fingerprint density at radius 2 is 2.25 bits per heavy atom. The standard InChI is InChI=1S/C6H9N3O2S/c1-9(2)6-8-7-4(12-6)3-5(10)11/h3H2,1-2H3,(H,10,11). The molecule has 0 aliphatic carbocycles. The summed E-state index contributed by atoms with van der Waals surface area (Å²) in [5.74, 6) is -0.878. The molecule has 5 nitrogen and oxygen atoms in total. The molecule has 1 aromatic heterocycles. The minimum atomic E-state index is -0.878. The highest BCUT2D eigenvalue weighted by atomic mass is 32.1. The molecule has 0 atom stereocenters. The lowest BCUT2D eigenvalue weighted by Gasteiger charge is -2.03. The average molecular weight is 187 g/mol. The summed E-state index contributed by atoms with van der Waals surface area (Å²) in [7, 11) is 3.68. The number of aliphatic carboxylic acids is 1. The Kier molecular flexibility index (Phi) is 2.59. The van der Waals surface area contributed by atoms with E-state index >= 15 is 0 Å². The highest BCUT2D eigenvalue weighted by Gasteiger charge is 2.08. The van der Waals surface area contributed by atoms with Crippen molar-refractivity contribution in [3.8, 4) is 0 Å². The van der Waals surface area contributed by atoms with Crippen LogP contribution in [0.1, 0.15) is 5.01 Å². The number of hydrogen-bond donors (Lipinski definition) is 1. The molecule has 0 bridgehead atoms. The number of aromatic nitrogens is 2. The van der Waals surface area contributed by atoms with Crippen molar-refractivity contribution < 1.29 is 9.90 Å². The fourth-order valence-corrected chi connectivity index (χ4v) is 1.38. The van der Waals surface area contributed by atoms with Crippen LogP contribution in [0.3, 0.4) is 0 Å². The summed E-state index contributed by atoms with van der Waals surface area (Å²) in [6, 6.07) is 0. The molecule has 0 aromatic carbocycles. The average Bonchev–Trinajstić information content (AvgIpc) is 2.34. The molecule has 1 N–H and O–H groups in total. The van der Waals surface area contributed by atoms with Crippen molar-refractivity contribution in [2.45, 2.75) is 6.42 Å². The molecule has 1 heterocycles. The van der Waals surface area contributed by atoms with Gasteiger partial charge in [-0.3, -0.25) is 4.79 Å². The topological polar surface area (TPSA) is 66.3 Å². The first kappa shape index (κ1) is 8.92. The third kappa shape index (κ3) is 2.16. The molecule has 0 fully saturated rings. The highest BCUT2D eigenvalue weighted by Crippen LogP contribution is 2.17. The Balaban J connectivity index is 2.70. The molecule has 0 radical (unpaired) electrons. The summed E-state index contributed by atoms with van der Waals surface area (Å²) < 4.78 is 0. The van der Waals surface area contributed by atoms with Gasteiger partial charge in [-0.1, -0.05) is 11.3 Å². The van der Waals surface area contributed by atoms with Crippen LogP contribution >= 0.6 is 11.3 Å². The predicted octanol–water partition coefficient (Wildman–Crippen LogP) is 0.231. The van der Waals surface area contributed by atoms with Crippen molar-refractivity contribution in [3.63, 3.8) is 0 Å². The van der Waals surface area contributed by atoms with Gasteiger partial charge in [0.1, 0.15) is 5.01 Å². The molecule has 0 aliphatic rings. The van der Waals surface area contributed by atoms with Gasteiger partial charge in [0, 0.05) is 14.1 Å². The van der Waals surface area contributed by atoms with Gasteiger partial charge in [-0.15, -0.1) is 10.2 Å². The summed E-state index contributed by atoms with van der Waals surface area (Å²) in [4.78, 5) is 12.1. The zero-order chi connectivity index (χ0) is 9.14. The zero-order valence-corrected chi connectivity index (χ0v) is 7.63. The van der Waals surface area contributed by atoms with Crippen LogP contribution in [0.5, 0.6) is 0 Å². The first-order valence-electron chi connectivity index (χ1n) is 3.31. The highest BCUT2D eigenvalue weighted by molar-refractivity contribution is 7.15. The summed E-state index contributed by atoms with van der Waals surface area (Å²) in [6.45, 7) is 0. The molecule has 0 saturated heterocycles. The van der Waals surface area contributed by atoms with E-state index in [0.717, 1.165) is 5.13 Å². The van der Waals surface area contributed by atoms with Gasteiger partial charge < -0.3 is 10.0 Å². The van der Waals surface area contributed by atoms with E-state index in [1.54, 1.807) is 4.90 Å². The van der Waals surface area contributed by atoms with Crippen molar-refractivity contribution >= 4 is 22.4 Å². The number of hydrogen-bond acceptors (Lipinski definition) is 5. The maximum atomic E-state index is 10.3. The molecular formula is C6H9N3O2S. The number of anilines is 1. The van der Waals surface area contributed by atoms with Crippen LogP contribution < -0.4 is 4.90 Å². The fraction of sp³-hybridized carbons (Fsp3) is 0.500. The Bertz CT molecular complexity index is 284. The lowest BCUT2D eigenvalue weighted by molar-refractivity contribution is -0.136. The lowest BCUT2D eigenvalue weighted by atomic mass is 10.5. The SMILES string of the molecule is CN(C)c1nnc(CC(=O)O)s1.